The molecule has 4 saturated carbocycles. The van der Waals surface area contributed by atoms with Gasteiger partial charge >= 0.3 is 0 Å². The first-order valence-corrected chi connectivity index (χ1v) is 11.3. The normalized spacial score (nSPS) is 37.0. The topological polar surface area (TPSA) is 75.2 Å². The number of amides is 2. The molecule has 0 radical (unpaired) electrons. The van der Waals surface area contributed by atoms with Gasteiger partial charge in [-0.25, -0.2) is 0 Å². The fourth-order valence-electron chi connectivity index (χ4n) is 6.60. The molecule has 1 aliphatic heterocycles. The minimum absolute atomic E-state index is 0.0932. The first kappa shape index (κ1) is 17.6. The predicted molar refractivity (Wildman–Crippen MR) is 103 cm³/mol. The maximum absolute atomic E-state index is 13.6. The van der Waals surface area contributed by atoms with Gasteiger partial charge in [0, 0.05) is 6.54 Å². The van der Waals surface area contributed by atoms with E-state index >= 15 is 0 Å². The Kier molecular flexibility index (Phi) is 4.26. The molecule has 4 aliphatic carbocycles. The number of anilines is 1. The molecule has 4 bridgehead atoms. The second kappa shape index (κ2) is 6.54. The number of rotatable bonds is 4. The van der Waals surface area contributed by atoms with E-state index in [1.165, 1.54) is 30.6 Å². The Hall–Kier alpha value is -1.50. The van der Waals surface area contributed by atoms with Crippen molar-refractivity contribution in [2.45, 2.75) is 70.8 Å². The molecule has 1 saturated heterocycles. The molecular formula is C20H28N4O2S. The fraction of sp³-hybridized carbons (Fsp3) is 0.800. The van der Waals surface area contributed by atoms with Gasteiger partial charge in [0.15, 0.2) is 0 Å². The smallest absolute Gasteiger partial charge is 0.249 e. The minimum atomic E-state index is -0.348. The minimum Gasteiger partial charge on any atom is -0.330 e. The molecule has 1 aromatic rings. The first-order chi connectivity index (χ1) is 13.1. The lowest BCUT2D eigenvalue weighted by atomic mass is 9.49. The highest BCUT2D eigenvalue weighted by atomic mass is 32.1. The number of hydrogen-bond acceptors (Lipinski definition) is 5. The standard InChI is InChI=1S/C20H28N4O2S/c1-2-16-22-23-19(27-16)21-17(25)15-4-3-5-24(15)18(26)20-9-12-6-13(10-20)8-14(7-12)11-20/h12-15H,2-11H2,1H3,(H,21,23,25). The van der Waals surface area contributed by atoms with Crippen LogP contribution in [0.4, 0.5) is 5.13 Å². The summed E-state index contributed by atoms with van der Waals surface area (Å²) < 4.78 is 0. The Morgan fingerprint density at radius 1 is 1.15 bits per heavy atom. The van der Waals surface area contributed by atoms with Gasteiger partial charge in [0.05, 0.1) is 5.41 Å². The Morgan fingerprint density at radius 3 is 2.41 bits per heavy atom. The SMILES string of the molecule is CCc1nnc(NC(=O)C2CCCN2C(=O)C23CC4CC(CC(C4)C2)C3)s1. The summed E-state index contributed by atoms with van der Waals surface area (Å²) in [5.74, 6) is 2.40. The summed E-state index contributed by atoms with van der Waals surface area (Å²) in [5, 5.41) is 12.5. The van der Waals surface area contributed by atoms with E-state index in [1.54, 1.807) is 0 Å². The maximum Gasteiger partial charge on any atom is 0.249 e. The van der Waals surface area contributed by atoms with Crippen molar-refractivity contribution in [3.05, 3.63) is 5.01 Å². The van der Waals surface area contributed by atoms with Gasteiger partial charge in [0.1, 0.15) is 11.0 Å². The predicted octanol–water partition coefficient (Wildman–Crippen LogP) is 3.25. The number of carbonyl (C=O) groups excluding carboxylic acids is 2. The molecule has 7 heteroatoms. The molecular weight excluding hydrogens is 360 g/mol. The number of aryl methyl sites for hydroxylation is 1. The van der Waals surface area contributed by atoms with Crippen molar-refractivity contribution in [3.8, 4) is 0 Å². The van der Waals surface area contributed by atoms with E-state index in [-0.39, 0.29) is 23.3 Å². The van der Waals surface area contributed by atoms with Gasteiger partial charge in [-0.15, -0.1) is 10.2 Å². The van der Waals surface area contributed by atoms with Gasteiger partial charge in [-0.3, -0.25) is 14.9 Å². The number of likely N-dealkylation sites (tertiary alicyclic amines) is 1. The molecule has 1 atom stereocenters. The molecule has 6 nitrogen and oxygen atoms in total. The lowest BCUT2D eigenvalue weighted by Crippen LogP contribution is -2.56. The van der Waals surface area contributed by atoms with Gasteiger partial charge < -0.3 is 4.90 Å². The van der Waals surface area contributed by atoms with Crippen molar-refractivity contribution in [1.82, 2.24) is 15.1 Å². The molecule has 2 heterocycles. The Balaban J connectivity index is 1.32. The van der Waals surface area contributed by atoms with Crippen molar-refractivity contribution < 1.29 is 9.59 Å². The molecule has 6 rings (SSSR count). The number of hydrogen-bond donors (Lipinski definition) is 1. The second-order valence-corrected chi connectivity index (χ2v) is 10.3. The summed E-state index contributed by atoms with van der Waals surface area (Å²) in [5.41, 5.74) is -0.171. The fourth-order valence-corrected chi connectivity index (χ4v) is 7.28. The van der Waals surface area contributed by atoms with E-state index in [0.29, 0.717) is 5.13 Å². The van der Waals surface area contributed by atoms with Gasteiger partial charge in [-0.1, -0.05) is 18.3 Å². The zero-order chi connectivity index (χ0) is 18.6. The first-order valence-electron chi connectivity index (χ1n) is 10.5. The highest BCUT2D eigenvalue weighted by Gasteiger charge is 2.56. The highest BCUT2D eigenvalue weighted by molar-refractivity contribution is 7.15. The third kappa shape index (κ3) is 2.98. The monoisotopic (exact) mass is 388 g/mol. The van der Waals surface area contributed by atoms with Crippen LogP contribution in [0.15, 0.2) is 0 Å². The van der Waals surface area contributed by atoms with Gasteiger partial charge in [0.2, 0.25) is 16.9 Å². The van der Waals surface area contributed by atoms with Gasteiger partial charge in [-0.2, -0.15) is 0 Å². The number of nitrogens with zero attached hydrogens (tertiary/aromatic N) is 3. The van der Waals surface area contributed by atoms with Crippen LogP contribution in [0, 0.1) is 23.2 Å². The van der Waals surface area contributed by atoms with E-state index in [2.05, 4.69) is 15.5 Å². The third-order valence-electron chi connectivity index (χ3n) is 7.31. The summed E-state index contributed by atoms with van der Waals surface area (Å²) >= 11 is 1.42. The summed E-state index contributed by atoms with van der Waals surface area (Å²) in [4.78, 5) is 28.4. The van der Waals surface area contributed by atoms with Crippen molar-refractivity contribution in [2.75, 3.05) is 11.9 Å². The molecule has 0 aromatic carbocycles. The van der Waals surface area contributed by atoms with Crippen molar-refractivity contribution in [3.63, 3.8) is 0 Å². The van der Waals surface area contributed by atoms with E-state index in [0.717, 1.165) is 67.8 Å². The summed E-state index contributed by atoms with van der Waals surface area (Å²) in [6, 6.07) is -0.348. The number of carbonyl (C=O) groups is 2. The molecule has 27 heavy (non-hydrogen) atoms. The lowest BCUT2D eigenvalue weighted by Gasteiger charge is -2.56. The van der Waals surface area contributed by atoms with E-state index in [9.17, 15) is 9.59 Å². The molecule has 0 spiro atoms. The Bertz CT molecular complexity index is 726. The van der Waals surface area contributed by atoms with Crippen LogP contribution >= 0.6 is 11.3 Å². The van der Waals surface area contributed by atoms with Gasteiger partial charge in [0.25, 0.3) is 0 Å². The summed E-state index contributed by atoms with van der Waals surface area (Å²) in [6.07, 6.45) is 9.62. The maximum atomic E-state index is 13.6. The number of nitrogens with one attached hydrogen (secondary N) is 1. The zero-order valence-electron chi connectivity index (χ0n) is 15.9. The average molecular weight is 389 g/mol. The quantitative estimate of drug-likeness (QED) is 0.859. The summed E-state index contributed by atoms with van der Waals surface area (Å²) in [7, 11) is 0. The Morgan fingerprint density at radius 2 is 1.81 bits per heavy atom. The lowest BCUT2D eigenvalue weighted by molar-refractivity contribution is -0.160. The van der Waals surface area contributed by atoms with E-state index in [4.69, 9.17) is 0 Å². The average Bonchev–Trinajstić information content (AvgIpc) is 3.29. The largest absolute Gasteiger partial charge is 0.330 e. The molecule has 2 amide bonds. The molecule has 1 unspecified atom stereocenters. The van der Waals surface area contributed by atoms with Gasteiger partial charge in [-0.05, 0) is 75.5 Å². The van der Waals surface area contributed by atoms with Crippen LogP contribution in [0.2, 0.25) is 0 Å². The van der Waals surface area contributed by atoms with Crippen LogP contribution < -0.4 is 5.32 Å². The highest BCUT2D eigenvalue weighted by Crippen LogP contribution is 2.60. The third-order valence-corrected chi connectivity index (χ3v) is 8.29. The van der Waals surface area contributed by atoms with Crippen LogP contribution in [-0.4, -0.2) is 39.5 Å². The van der Waals surface area contributed by atoms with Crippen LogP contribution in [0.3, 0.4) is 0 Å². The van der Waals surface area contributed by atoms with Crippen molar-refractivity contribution in [2.24, 2.45) is 23.2 Å². The van der Waals surface area contributed by atoms with Crippen molar-refractivity contribution in [1.29, 1.82) is 0 Å². The van der Waals surface area contributed by atoms with Crippen molar-refractivity contribution >= 4 is 28.3 Å². The summed E-state index contributed by atoms with van der Waals surface area (Å²) in [6.45, 7) is 2.74. The second-order valence-electron chi connectivity index (χ2n) is 9.20. The molecule has 146 valence electrons. The van der Waals surface area contributed by atoms with Crippen LogP contribution in [0.5, 0.6) is 0 Å². The van der Waals surface area contributed by atoms with Crippen LogP contribution in [0.25, 0.3) is 0 Å². The number of aromatic nitrogens is 2. The van der Waals surface area contributed by atoms with E-state index in [1.807, 2.05) is 11.8 Å². The zero-order valence-corrected chi connectivity index (χ0v) is 16.8. The van der Waals surface area contributed by atoms with E-state index < -0.39 is 0 Å². The molecule has 5 aliphatic rings. The molecule has 5 fully saturated rings. The van der Waals surface area contributed by atoms with Crippen LogP contribution in [-0.2, 0) is 16.0 Å². The van der Waals surface area contributed by atoms with Crippen LogP contribution in [0.1, 0.15) is 63.3 Å². The Labute approximate surface area is 164 Å². The molecule has 1 N–H and O–H groups in total. The molecule has 1 aromatic heterocycles.